The summed E-state index contributed by atoms with van der Waals surface area (Å²) in [6, 6.07) is 11.7. The summed E-state index contributed by atoms with van der Waals surface area (Å²) in [6.45, 7) is 0. The molecule has 1 aromatic carbocycles. The lowest BCUT2D eigenvalue weighted by Crippen LogP contribution is -2.18. The Morgan fingerprint density at radius 2 is 2.06 bits per heavy atom. The highest BCUT2D eigenvalue weighted by atomic mass is 35.5. The van der Waals surface area contributed by atoms with E-state index < -0.39 is 0 Å². The molecule has 1 atom stereocenters. The molecule has 2 rings (SSSR count). The summed E-state index contributed by atoms with van der Waals surface area (Å²) < 4.78 is 10.8. The molecule has 96 valence electrons. The maximum absolute atomic E-state index is 5.80. The van der Waals surface area contributed by atoms with E-state index in [1.807, 2.05) is 37.4 Å². The van der Waals surface area contributed by atoms with Crippen molar-refractivity contribution in [3.05, 3.63) is 52.9 Å². The van der Waals surface area contributed by atoms with Gasteiger partial charge in [-0.1, -0.05) is 18.2 Å². The first-order valence-electron chi connectivity index (χ1n) is 5.79. The number of hydrogen-bond acceptors (Lipinski definition) is 3. The minimum atomic E-state index is 0.0776. The van der Waals surface area contributed by atoms with Crippen molar-refractivity contribution in [2.24, 2.45) is 0 Å². The second kappa shape index (κ2) is 5.94. The molecule has 1 unspecified atom stereocenters. The van der Waals surface area contributed by atoms with Crippen LogP contribution in [0.2, 0.25) is 5.22 Å². The number of rotatable bonds is 5. The lowest BCUT2D eigenvalue weighted by atomic mass is 10.0. The van der Waals surface area contributed by atoms with E-state index in [2.05, 4.69) is 5.32 Å². The Bertz CT molecular complexity index is 510. The van der Waals surface area contributed by atoms with E-state index in [9.17, 15) is 0 Å². The quantitative estimate of drug-likeness (QED) is 0.899. The summed E-state index contributed by atoms with van der Waals surface area (Å²) in [6.07, 6.45) is 0.782. The van der Waals surface area contributed by atoms with Crippen LogP contribution in [0.4, 0.5) is 0 Å². The molecule has 0 aliphatic heterocycles. The number of hydrogen-bond donors (Lipinski definition) is 1. The molecule has 0 spiro atoms. The molecule has 0 fully saturated rings. The van der Waals surface area contributed by atoms with Gasteiger partial charge in [-0.2, -0.15) is 0 Å². The van der Waals surface area contributed by atoms with Gasteiger partial charge in [0, 0.05) is 0 Å². The van der Waals surface area contributed by atoms with Crippen LogP contribution in [0.5, 0.6) is 5.75 Å². The Morgan fingerprint density at radius 3 is 2.67 bits per heavy atom. The van der Waals surface area contributed by atoms with Crippen LogP contribution < -0.4 is 10.1 Å². The van der Waals surface area contributed by atoms with Crippen molar-refractivity contribution >= 4 is 11.6 Å². The SMILES string of the molecule is CNC(Cc1ccccc1OC)c1ccc(Cl)o1. The third-order valence-electron chi connectivity index (χ3n) is 2.90. The van der Waals surface area contributed by atoms with Gasteiger partial charge in [-0.15, -0.1) is 0 Å². The van der Waals surface area contributed by atoms with E-state index in [4.69, 9.17) is 20.8 Å². The Morgan fingerprint density at radius 1 is 1.28 bits per heavy atom. The fraction of sp³-hybridized carbons (Fsp3) is 0.286. The van der Waals surface area contributed by atoms with Crippen LogP contribution in [0, 0.1) is 0 Å². The number of methoxy groups -OCH3 is 1. The summed E-state index contributed by atoms with van der Waals surface area (Å²) >= 11 is 5.80. The predicted molar refractivity (Wildman–Crippen MR) is 72.2 cm³/mol. The molecule has 0 saturated carbocycles. The molecule has 4 heteroatoms. The van der Waals surface area contributed by atoms with Crippen LogP contribution in [0.3, 0.4) is 0 Å². The molecule has 1 aromatic heterocycles. The summed E-state index contributed by atoms with van der Waals surface area (Å²) in [4.78, 5) is 0. The molecule has 0 radical (unpaired) electrons. The van der Waals surface area contributed by atoms with E-state index in [0.29, 0.717) is 5.22 Å². The maximum atomic E-state index is 5.80. The Labute approximate surface area is 112 Å². The van der Waals surface area contributed by atoms with Crippen molar-refractivity contribution in [1.82, 2.24) is 5.32 Å². The van der Waals surface area contributed by atoms with Gasteiger partial charge in [-0.05, 0) is 48.8 Å². The minimum absolute atomic E-state index is 0.0776. The van der Waals surface area contributed by atoms with E-state index >= 15 is 0 Å². The summed E-state index contributed by atoms with van der Waals surface area (Å²) in [7, 11) is 3.58. The third kappa shape index (κ3) is 2.86. The molecular weight excluding hydrogens is 250 g/mol. The number of para-hydroxylation sites is 1. The van der Waals surface area contributed by atoms with E-state index in [1.54, 1.807) is 13.2 Å². The zero-order chi connectivity index (χ0) is 13.0. The predicted octanol–water partition coefficient (Wildman–Crippen LogP) is 3.44. The van der Waals surface area contributed by atoms with Crippen molar-refractivity contribution in [3.8, 4) is 5.75 Å². The molecule has 3 nitrogen and oxygen atoms in total. The first kappa shape index (κ1) is 13.0. The molecule has 1 heterocycles. The maximum Gasteiger partial charge on any atom is 0.193 e. The van der Waals surface area contributed by atoms with Gasteiger partial charge in [0.2, 0.25) is 0 Å². The van der Waals surface area contributed by atoms with E-state index in [0.717, 1.165) is 23.5 Å². The van der Waals surface area contributed by atoms with Gasteiger partial charge in [-0.3, -0.25) is 0 Å². The van der Waals surface area contributed by atoms with Crippen molar-refractivity contribution in [2.75, 3.05) is 14.2 Å². The molecule has 0 aliphatic carbocycles. The van der Waals surface area contributed by atoms with Gasteiger partial charge < -0.3 is 14.5 Å². The number of nitrogens with one attached hydrogen (secondary N) is 1. The Hall–Kier alpha value is -1.45. The lowest BCUT2D eigenvalue weighted by molar-refractivity contribution is 0.397. The van der Waals surface area contributed by atoms with Crippen LogP contribution in [0.1, 0.15) is 17.4 Å². The summed E-state index contributed by atoms with van der Waals surface area (Å²) in [5, 5.41) is 3.63. The molecule has 0 bridgehead atoms. The lowest BCUT2D eigenvalue weighted by Gasteiger charge is -2.15. The number of furan rings is 1. The standard InChI is InChI=1S/C14H16ClNO2/c1-16-11(13-7-8-14(15)18-13)9-10-5-3-4-6-12(10)17-2/h3-8,11,16H,9H2,1-2H3. The van der Waals surface area contributed by atoms with Gasteiger partial charge in [0.05, 0.1) is 13.2 Å². The van der Waals surface area contributed by atoms with Crippen molar-refractivity contribution in [2.45, 2.75) is 12.5 Å². The second-order valence-corrected chi connectivity index (χ2v) is 4.37. The van der Waals surface area contributed by atoms with Crippen LogP contribution in [-0.4, -0.2) is 14.2 Å². The van der Waals surface area contributed by atoms with Crippen molar-refractivity contribution in [3.63, 3.8) is 0 Å². The Kier molecular flexibility index (Phi) is 4.28. The fourth-order valence-corrected chi connectivity index (χ4v) is 2.10. The van der Waals surface area contributed by atoms with E-state index in [-0.39, 0.29) is 6.04 Å². The smallest absolute Gasteiger partial charge is 0.193 e. The average molecular weight is 266 g/mol. The van der Waals surface area contributed by atoms with Gasteiger partial charge in [0.25, 0.3) is 0 Å². The zero-order valence-electron chi connectivity index (χ0n) is 10.4. The largest absolute Gasteiger partial charge is 0.496 e. The minimum Gasteiger partial charge on any atom is -0.496 e. The molecule has 1 N–H and O–H groups in total. The highest BCUT2D eigenvalue weighted by Crippen LogP contribution is 2.26. The van der Waals surface area contributed by atoms with Crippen LogP contribution >= 0.6 is 11.6 Å². The highest BCUT2D eigenvalue weighted by molar-refractivity contribution is 6.28. The number of benzene rings is 1. The van der Waals surface area contributed by atoms with Gasteiger partial charge in [-0.25, -0.2) is 0 Å². The van der Waals surface area contributed by atoms with Crippen molar-refractivity contribution < 1.29 is 9.15 Å². The molecule has 0 saturated heterocycles. The number of halogens is 1. The third-order valence-corrected chi connectivity index (χ3v) is 3.11. The summed E-state index contributed by atoms with van der Waals surface area (Å²) in [5.74, 6) is 1.71. The molecular formula is C14H16ClNO2. The topological polar surface area (TPSA) is 34.4 Å². The zero-order valence-corrected chi connectivity index (χ0v) is 11.2. The first-order chi connectivity index (χ1) is 8.74. The first-order valence-corrected chi connectivity index (χ1v) is 6.16. The van der Waals surface area contributed by atoms with Gasteiger partial charge in [0.15, 0.2) is 5.22 Å². The van der Waals surface area contributed by atoms with Crippen LogP contribution in [-0.2, 0) is 6.42 Å². The van der Waals surface area contributed by atoms with Gasteiger partial charge >= 0.3 is 0 Å². The van der Waals surface area contributed by atoms with Crippen LogP contribution in [0.25, 0.3) is 0 Å². The number of likely N-dealkylation sites (N-methyl/N-ethyl adjacent to an activating group) is 1. The fourth-order valence-electron chi connectivity index (χ4n) is 1.95. The molecule has 0 amide bonds. The Balaban J connectivity index is 2.20. The summed E-state index contributed by atoms with van der Waals surface area (Å²) in [5.41, 5.74) is 1.13. The molecule has 0 aliphatic rings. The monoisotopic (exact) mass is 265 g/mol. The normalized spacial score (nSPS) is 12.4. The van der Waals surface area contributed by atoms with Crippen LogP contribution in [0.15, 0.2) is 40.8 Å². The van der Waals surface area contributed by atoms with E-state index in [1.165, 1.54) is 0 Å². The van der Waals surface area contributed by atoms with Crippen molar-refractivity contribution in [1.29, 1.82) is 0 Å². The average Bonchev–Trinajstić information content (AvgIpc) is 2.83. The number of ether oxygens (including phenoxy) is 1. The molecule has 2 aromatic rings. The second-order valence-electron chi connectivity index (χ2n) is 4.00. The molecule has 18 heavy (non-hydrogen) atoms. The van der Waals surface area contributed by atoms with Gasteiger partial charge in [0.1, 0.15) is 11.5 Å². The highest BCUT2D eigenvalue weighted by Gasteiger charge is 2.16.